The van der Waals surface area contributed by atoms with E-state index in [1.54, 1.807) is 0 Å². The van der Waals surface area contributed by atoms with Crippen LogP contribution in [0.4, 0.5) is 4.39 Å². The molecule has 0 amide bonds. The lowest BCUT2D eigenvalue weighted by Crippen LogP contribution is -2.39. The van der Waals surface area contributed by atoms with Crippen LogP contribution in [0.2, 0.25) is 0 Å². The molecule has 0 aliphatic carbocycles. The quantitative estimate of drug-likeness (QED) is 0.574. The Bertz CT molecular complexity index is 126. The average Bonchev–Trinajstić information content (AvgIpc) is 1.82. The SMILES string of the molecule is CN(C)[P+](C(F)Br)(N(C)C)N(C)C. The zero-order valence-corrected chi connectivity index (χ0v) is 11.6. The van der Waals surface area contributed by atoms with Gasteiger partial charge in [0.2, 0.25) is 0 Å². The maximum absolute atomic E-state index is 13.6. The van der Waals surface area contributed by atoms with Gasteiger partial charge in [0.25, 0.3) is 7.71 Å². The molecule has 0 aromatic rings. The number of nitrogens with zero attached hydrogens (tertiary/aromatic N) is 3. The zero-order valence-electron chi connectivity index (χ0n) is 9.12. The van der Waals surface area contributed by atoms with Crippen LogP contribution in [0.15, 0.2) is 0 Å². The number of hydrogen-bond acceptors (Lipinski definition) is 3. The Morgan fingerprint density at radius 2 is 1.15 bits per heavy atom. The van der Waals surface area contributed by atoms with E-state index in [1.165, 1.54) is 0 Å². The third kappa shape index (κ3) is 2.39. The topological polar surface area (TPSA) is 9.72 Å². The molecule has 13 heavy (non-hydrogen) atoms. The number of rotatable bonds is 4. The molecule has 80 valence electrons. The molecule has 0 aliphatic rings. The van der Waals surface area contributed by atoms with E-state index in [0.717, 1.165) is 0 Å². The van der Waals surface area contributed by atoms with Crippen LogP contribution in [0.5, 0.6) is 0 Å². The molecule has 1 unspecified atom stereocenters. The van der Waals surface area contributed by atoms with Gasteiger partial charge in [0.15, 0.2) is 0 Å². The van der Waals surface area contributed by atoms with Crippen LogP contribution in [-0.4, -0.2) is 61.1 Å². The molecule has 0 rings (SSSR count). The number of hydrogen-bond donors (Lipinski definition) is 0. The van der Waals surface area contributed by atoms with Crippen LogP contribution in [0, 0.1) is 0 Å². The van der Waals surface area contributed by atoms with Crippen molar-refractivity contribution in [1.82, 2.24) is 14.0 Å². The second-order valence-electron chi connectivity index (χ2n) is 3.43. The van der Waals surface area contributed by atoms with E-state index in [4.69, 9.17) is 0 Å². The lowest BCUT2D eigenvalue weighted by molar-refractivity contribution is 0.411. The molecule has 0 bridgehead atoms. The fraction of sp³-hybridized carbons (Fsp3) is 1.00. The van der Waals surface area contributed by atoms with Crippen molar-refractivity contribution < 1.29 is 4.39 Å². The van der Waals surface area contributed by atoms with Crippen molar-refractivity contribution in [2.24, 2.45) is 0 Å². The summed E-state index contributed by atoms with van der Waals surface area (Å²) in [4.78, 5) is -1.03. The van der Waals surface area contributed by atoms with Gasteiger partial charge in [-0.1, -0.05) is 0 Å². The smallest absolute Gasteiger partial charge is 0.185 e. The van der Waals surface area contributed by atoms with Crippen LogP contribution < -0.4 is 0 Å². The van der Waals surface area contributed by atoms with Crippen LogP contribution >= 0.6 is 23.6 Å². The molecule has 6 heteroatoms. The van der Waals surface area contributed by atoms with Gasteiger partial charge in [0, 0.05) is 58.2 Å². The monoisotopic (exact) mass is 274 g/mol. The average molecular weight is 275 g/mol. The second-order valence-corrected chi connectivity index (χ2v) is 9.03. The third-order valence-corrected chi connectivity index (χ3v) is 7.73. The van der Waals surface area contributed by atoms with E-state index in [2.05, 4.69) is 15.9 Å². The molecule has 0 aromatic heterocycles. The highest BCUT2D eigenvalue weighted by Gasteiger charge is 2.54. The molecule has 0 N–H and O–H groups in total. The first-order chi connectivity index (χ1) is 5.77. The highest BCUT2D eigenvalue weighted by Crippen LogP contribution is 2.69. The first-order valence-corrected chi connectivity index (χ1v) is 6.61. The predicted octanol–water partition coefficient (Wildman–Crippen LogP) is 2.08. The molecule has 0 aliphatic heterocycles. The predicted molar refractivity (Wildman–Crippen MR) is 61.8 cm³/mol. The summed E-state index contributed by atoms with van der Waals surface area (Å²) >= 11 is 3.06. The third-order valence-electron chi connectivity index (χ3n) is 2.03. The largest absolute Gasteiger partial charge is 0.306 e. The highest BCUT2D eigenvalue weighted by atomic mass is 79.9. The van der Waals surface area contributed by atoms with Gasteiger partial charge < -0.3 is 0 Å². The molecule has 0 heterocycles. The molecule has 0 fully saturated rings. The van der Waals surface area contributed by atoms with Gasteiger partial charge in [-0.3, -0.25) is 0 Å². The van der Waals surface area contributed by atoms with Gasteiger partial charge in [0.1, 0.15) is 0 Å². The van der Waals surface area contributed by atoms with E-state index in [1.807, 2.05) is 56.3 Å². The second kappa shape index (κ2) is 4.99. The van der Waals surface area contributed by atoms with Gasteiger partial charge in [-0.05, 0) is 0 Å². The van der Waals surface area contributed by atoms with Crippen LogP contribution in [0.25, 0.3) is 0 Å². The van der Waals surface area contributed by atoms with E-state index in [-0.39, 0.29) is 0 Å². The van der Waals surface area contributed by atoms with Gasteiger partial charge in [-0.25, -0.2) is 0 Å². The summed E-state index contributed by atoms with van der Waals surface area (Å²) in [6.45, 7) is 0. The fourth-order valence-electron chi connectivity index (χ4n) is 1.60. The minimum absolute atomic E-state index is 1.03. The Hall–Kier alpha value is 0.720. The van der Waals surface area contributed by atoms with E-state index >= 15 is 0 Å². The van der Waals surface area contributed by atoms with Crippen molar-refractivity contribution in [1.29, 1.82) is 0 Å². The summed E-state index contributed by atoms with van der Waals surface area (Å²) in [7, 11) is 9.39. The van der Waals surface area contributed by atoms with E-state index in [9.17, 15) is 4.39 Å². The first kappa shape index (κ1) is 13.7. The molecule has 0 radical (unpaired) electrons. The van der Waals surface area contributed by atoms with Gasteiger partial charge in [-0.15, -0.1) is 0 Å². The maximum Gasteiger partial charge on any atom is 0.306 e. The molecule has 0 saturated carbocycles. The van der Waals surface area contributed by atoms with Crippen molar-refractivity contribution >= 4 is 23.6 Å². The van der Waals surface area contributed by atoms with Gasteiger partial charge >= 0.3 is 4.82 Å². The Balaban J connectivity index is 5.06. The van der Waals surface area contributed by atoms with Crippen molar-refractivity contribution in [3.8, 4) is 0 Å². The standard InChI is InChI=1S/C7H19BrFN3P/c1-10(2)13(7(8)9,11(3)4)12(5)6/h7H,1-6H3/q+1. The molecule has 0 spiro atoms. The van der Waals surface area contributed by atoms with E-state index in [0.29, 0.717) is 0 Å². The Morgan fingerprint density at radius 1 is 0.923 bits per heavy atom. The Kier molecular flexibility index (Phi) is 5.26. The molecular formula is C7H19BrFN3P+. The van der Waals surface area contributed by atoms with Gasteiger partial charge in [0.05, 0.1) is 0 Å². The first-order valence-electron chi connectivity index (χ1n) is 3.98. The minimum Gasteiger partial charge on any atom is -0.185 e. The summed E-state index contributed by atoms with van der Waals surface area (Å²) in [5.41, 5.74) is 0. The normalized spacial score (nSPS) is 15.9. The Labute approximate surface area is 89.5 Å². The lowest BCUT2D eigenvalue weighted by Gasteiger charge is -2.39. The van der Waals surface area contributed by atoms with Gasteiger partial charge in [-0.2, -0.15) is 18.4 Å². The summed E-state index contributed by atoms with van der Waals surface area (Å²) in [6.07, 6.45) is 0. The Morgan fingerprint density at radius 3 is 1.15 bits per heavy atom. The van der Waals surface area contributed by atoms with Crippen LogP contribution in [0.1, 0.15) is 0 Å². The summed E-state index contributed by atoms with van der Waals surface area (Å²) < 4.78 is 19.5. The van der Waals surface area contributed by atoms with Crippen LogP contribution in [0.3, 0.4) is 0 Å². The molecule has 3 nitrogen and oxygen atoms in total. The highest BCUT2D eigenvalue weighted by molar-refractivity contribution is 9.10. The van der Waals surface area contributed by atoms with E-state index < -0.39 is 12.5 Å². The summed E-state index contributed by atoms with van der Waals surface area (Å²) in [5.74, 6) is 0. The van der Waals surface area contributed by atoms with Crippen LogP contribution in [-0.2, 0) is 0 Å². The van der Waals surface area contributed by atoms with Crippen molar-refractivity contribution in [3.05, 3.63) is 0 Å². The molecular weight excluding hydrogens is 256 g/mol. The number of halogens is 2. The molecule has 1 atom stereocenters. The van der Waals surface area contributed by atoms with Crippen molar-refractivity contribution in [2.45, 2.75) is 4.82 Å². The summed E-state index contributed by atoms with van der Waals surface area (Å²) in [6, 6.07) is 0. The lowest BCUT2D eigenvalue weighted by atomic mass is 11.2. The number of alkyl halides is 2. The van der Waals surface area contributed by atoms with Crippen molar-refractivity contribution in [3.63, 3.8) is 0 Å². The summed E-state index contributed by atoms with van der Waals surface area (Å²) in [5, 5.41) is 0. The maximum atomic E-state index is 13.6. The van der Waals surface area contributed by atoms with Crippen molar-refractivity contribution in [2.75, 3.05) is 42.3 Å². The minimum atomic E-state index is -2.03. The zero-order chi connectivity index (χ0) is 10.8. The fourth-order valence-corrected chi connectivity index (χ4v) is 8.09. The molecule has 0 aromatic carbocycles. The molecule has 0 saturated heterocycles.